The van der Waals surface area contributed by atoms with Crippen LogP contribution in [0.1, 0.15) is 17.0 Å². The molecule has 0 N–H and O–H groups in total. The minimum Gasteiger partial charge on any atom is -0.373 e. The van der Waals surface area contributed by atoms with Gasteiger partial charge in [0.05, 0.1) is 24.8 Å². The predicted molar refractivity (Wildman–Crippen MR) is 74.4 cm³/mol. The number of ether oxygens (including phenoxy) is 1. The highest BCUT2D eigenvalue weighted by atomic mass is 16.6. The lowest BCUT2D eigenvalue weighted by molar-refractivity contribution is -0.392. The fraction of sp³-hybridized carbons (Fsp3) is 0.286. The number of nitriles is 1. The first-order valence-corrected chi connectivity index (χ1v) is 6.35. The maximum atomic E-state index is 10.8. The van der Waals surface area contributed by atoms with Crippen LogP contribution >= 0.6 is 0 Å². The van der Waals surface area contributed by atoms with Crippen molar-refractivity contribution in [2.75, 3.05) is 6.61 Å². The largest absolute Gasteiger partial charge is 0.373 e. The molecule has 0 atom stereocenters. The van der Waals surface area contributed by atoms with Crippen LogP contribution in [0.5, 0.6) is 0 Å². The zero-order valence-corrected chi connectivity index (χ0v) is 11.5. The maximum absolute atomic E-state index is 10.8. The lowest BCUT2D eigenvalue weighted by atomic mass is 10.2. The van der Waals surface area contributed by atoms with Crippen molar-refractivity contribution in [3.8, 4) is 6.07 Å². The van der Waals surface area contributed by atoms with Crippen molar-refractivity contribution in [1.29, 1.82) is 5.26 Å². The van der Waals surface area contributed by atoms with E-state index in [0.717, 1.165) is 5.56 Å². The smallest absolute Gasteiger partial charge is 0.342 e. The van der Waals surface area contributed by atoms with Gasteiger partial charge in [0.1, 0.15) is 12.7 Å². The van der Waals surface area contributed by atoms with Crippen molar-refractivity contribution in [2.45, 2.75) is 20.1 Å². The van der Waals surface area contributed by atoms with E-state index in [0.29, 0.717) is 31.1 Å². The number of nitro groups is 1. The molecule has 1 aromatic carbocycles. The molecule has 2 aromatic rings. The summed E-state index contributed by atoms with van der Waals surface area (Å²) in [6.45, 7) is 2.83. The van der Waals surface area contributed by atoms with E-state index in [-0.39, 0.29) is 5.82 Å². The van der Waals surface area contributed by atoms with E-state index in [1.165, 1.54) is 10.8 Å². The Hall–Kier alpha value is -2.72. The molecule has 108 valence electrons. The lowest BCUT2D eigenvalue weighted by Crippen LogP contribution is -2.10. The second kappa shape index (κ2) is 6.63. The molecule has 0 spiro atoms. The molecule has 0 saturated heterocycles. The Labute approximate surface area is 121 Å². The van der Waals surface area contributed by atoms with Crippen molar-refractivity contribution in [2.24, 2.45) is 0 Å². The fourth-order valence-corrected chi connectivity index (χ4v) is 1.90. The number of nitrogens with zero attached hydrogens (tertiary/aromatic N) is 4. The Kier molecular flexibility index (Phi) is 4.64. The van der Waals surface area contributed by atoms with Crippen LogP contribution in [0.25, 0.3) is 0 Å². The molecular formula is C14H14N4O3. The number of aryl methyl sites for hydroxylation is 1. The number of rotatable bonds is 6. The summed E-state index contributed by atoms with van der Waals surface area (Å²) >= 11 is 0. The van der Waals surface area contributed by atoms with Gasteiger partial charge in [-0.2, -0.15) is 5.26 Å². The standard InChI is InChI=1S/C14H14N4O3/c1-11-16-9-14(18(19)20)17(11)6-7-21-10-13-4-2-12(8-15)3-5-13/h2-5,9H,6-7,10H2,1H3. The van der Waals surface area contributed by atoms with Gasteiger partial charge in [0.15, 0.2) is 5.82 Å². The minimum atomic E-state index is -0.458. The van der Waals surface area contributed by atoms with E-state index in [4.69, 9.17) is 10.00 Å². The van der Waals surface area contributed by atoms with Crippen LogP contribution in [-0.2, 0) is 17.9 Å². The Morgan fingerprint density at radius 3 is 2.76 bits per heavy atom. The molecule has 0 fully saturated rings. The van der Waals surface area contributed by atoms with Crippen LogP contribution < -0.4 is 0 Å². The number of hydrogen-bond acceptors (Lipinski definition) is 5. The van der Waals surface area contributed by atoms with Crippen LogP contribution in [0, 0.1) is 28.4 Å². The first-order chi connectivity index (χ1) is 10.1. The normalized spacial score (nSPS) is 10.3. The molecular weight excluding hydrogens is 272 g/mol. The quantitative estimate of drug-likeness (QED) is 0.461. The van der Waals surface area contributed by atoms with Crippen molar-refractivity contribution in [3.05, 3.63) is 57.5 Å². The first-order valence-electron chi connectivity index (χ1n) is 6.35. The Balaban J connectivity index is 1.86. The van der Waals surface area contributed by atoms with Gasteiger partial charge < -0.3 is 14.9 Å². The number of hydrogen-bond donors (Lipinski definition) is 0. The molecule has 0 saturated carbocycles. The van der Waals surface area contributed by atoms with Gasteiger partial charge in [-0.15, -0.1) is 0 Å². The lowest BCUT2D eigenvalue weighted by Gasteiger charge is -2.05. The van der Waals surface area contributed by atoms with E-state index >= 15 is 0 Å². The Morgan fingerprint density at radius 2 is 2.14 bits per heavy atom. The van der Waals surface area contributed by atoms with Gasteiger partial charge in [0.2, 0.25) is 0 Å². The van der Waals surface area contributed by atoms with E-state index in [1.54, 1.807) is 19.1 Å². The molecule has 0 radical (unpaired) electrons. The zero-order valence-electron chi connectivity index (χ0n) is 11.5. The van der Waals surface area contributed by atoms with Crippen molar-refractivity contribution >= 4 is 5.82 Å². The molecule has 0 aliphatic carbocycles. The summed E-state index contributed by atoms with van der Waals surface area (Å²) in [6, 6.07) is 9.15. The van der Waals surface area contributed by atoms with E-state index in [1.807, 2.05) is 18.2 Å². The van der Waals surface area contributed by atoms with E-state index in [2.05, 4.69) is 4.98 Å². The SMILES string of the molecule is Cc1ncc([N+](=O)[O-])n1CCOCc1ccc(C#N)cc1. The van der Waals surface area contributed by atoms with Gasteiger partial charge >= 0.3 is 5.82 Å². The predicted octanol–water partition coefficient (Wildman–Crippen LogP) is 2.19. The third-order valence-corrected chi connectivity index (χ3v) is 3.03. The summed E-state index contributed by atoms with van der Waals surface area (Å²) in [7, 11) is 0. The van der Waals surface area contributed by atoms with Gasteiger partial charge in [-0.3, -0.25) is 0 Å². The van der Waals surface area contributed by atoms with Crippen molar-refractivity contribution in [1.82, 2.24) is 9.55 Å². The molecule has 0 amide bonds. The Morgan fingerprint density at radius 1 is 1.43 bits per heavy atom. The van der Waals surface area contributed by atoms with Crippen LogP contribution in [0.3, 0.4) is 0 Å². The molecule has 0 bridgehead atoms. The van der Waals surface area contributed by atoms with Gasteiger partial charge in [0.25, 0.3) is 0 Å². The second-order valence-electron chi connectivity index (χ2n) is 4.43. The molecule has 2 rings (SSSR count). The molecule has 0 aliphatic rings. The van der Waals surface area contributed by atoms with Crippen LogP contribution in [0.4, 0.5) is 5.82 Å². The molecule has 0 unspecified atom stereocenters. The fourth-order valence-electron chi connectivity index (χ4n) is 1.90. The molecule has 7 nitrogen and oxygen atoms in total. The third-order valence-electron chi connectivity index (χ3n) is 3.03. The summed E-state index contributed by atoms with van der Waals surface area (Å²) < 4.78 is 7.01. The highest BCUT2D eigenvalue weighted by molar-refractivity contribution is 5.31. The molecule has 0 aliphatic heterocycles. The molecule has 1 aromatic heterocycles. The summed E-state index contributed by atoms with van der Waals surface area (Å²) in [4.78, 5) is 14.3. The zero-order chi connectivity index (χ0) is 15.2. The Bertz CT molecular complexity index is 671. The minimum absolute atomic E-state index is 0.0329. The number of benzene rings is 1. The summed E-state index contributed by atoms with van der Waals surface area (Å²) in [6.07, 6.45) is 1.25. The second-order valence-corrected chi connectivity index (χ2v) is 4.43. The average Bonchev–Trinajstić information content (AvgIpc) is 2.85. The van der Waals surface area contributed by atoms with Crippen molar-refractivity contribution in [3.63, 3.8) is 0 Å². The van der Waals surface area contributed by atoms with Gasteiger partial charge in [-0.25, -0.2) is 9.55 Å². The van der Waals surface area contributed by atoms with Gasteiger partial charge in [0, 0.05) is 6.92 Å². The van der Waals surface area contributed by atoms with Gasteiger partial charge in [-0.1, -0.05) is 12.1 Å². The van der Waals surface area contributed by atoms with Crippen molar-refractivity contribution < 1.29 is 9.66 Å². The molecule has 7 heteroatoms. The van der Waals surface area contributed by atoms with Crippen LogP contribution in [-0.4, -0.2) is 21.1 Å². The van der Waals surface area contributed by atoms with E-state index < -0.39 is 4.92 Å². The van der Waals surface area contributed by atoms with Crippen LogP contribution in [0.2, 0.25) is 0 Å². The molecule has 21 heavy (non-hydrogen) atoms. The summed E-state index contributed by atoms with van der Waals surface area (Å²) in [5.41, 5.74) is 1.55. The third kappa shape index (κ3) is 3.64. The maximum Gasteiger partial charge on any atom is 0.342 e. The van der Waals surface area contributed by atoms with E-state index in [9.17, 15) is 10.1 Å². The number of imidazole rings is 1. The monoisotopic (exact) mass is 286 g/mol. The van der Waals surface area contributed by atoms with Crippen LogP contribution in [0.15, 0.2) is 30.5 Å². The average molecular weight is 286 g/mol. The highest BCUT2D eigenvalue weighted by Gasteiger charge is 2.16. The van der Waals surface area contributed by atoms with Gasteiger partial charge in [-0.05, 0) is 22.6 Å². The number of aromatic nitrogens is 2. The topological polar surface area (TPSA) is 94.0 Å². The highest BCUT2D eigenvalue weighted by Crippen LogP contribution is 2.13. The summed E-state index contributed by atoms with van der Waals surface area (Å²) in [5.74, 6) is 0.554. The first kappa shape index (κ1) is 14.7. The summed E-state index contributed by atoms with van der Waals surface area (Å²) in [5, 5.41) is 19.5. The molecule has 1 heterocycles.